The maximum absolute atomic E-state index is 13.7. The van der Waals surface area contributed by atoms with Crippen LogP contribution in [0.5, 0.6) is 5.75 Å². The number of hydrogen-bond donors (Lipinski definition) is 1. The van der Waals surface area contributed by atoms with E-state index < -0.39 is 6.04 Å². The molecule has 196 valence electrons. The normalized spacial score (nSPS) is 12.5. The Kier molecular flexibility index (Phi) is 11.2. The van der Waals surface area contributed by atoms with Gasteiger partial charge in [0.05, 0.1) is 4.47 Å². The number of benzene rings is 3. The van der Waals surface area contributed by atoms with E-state index in [2.05, 4.69) is 44.1 Å². The molecule has 0 radical (unpaired) electrons. The highest BCUT2D eigenvalue weighted by atomic mass is 79.9. The summed E-state index contributed by atoms with van der Waals surface area (Å²) in [5.41, 5.74) is 3.09. The lowest BCUT2D eigenvalue weighted by atomic mass is 10.0. The summed E-state index contributed by atoms with van der Waals surface area (Å²) in [6.45, 7) is 6.19. The van der Waals surface area contributed by atoms with Gasteiger partial charge in [-0.2, -0.15) is 0 Å². The Hall–Kier alpha value is -2.64. The van der Waals surface area contributed by atoms with Gasteiger partial charge in [0.2, 0.25) is 5.91 Å². The van der Waals surface area contributed by atoms with E-state index in [9.17, 15) is 9.59 Å². The van der Waals surface area contributed by atoms with E-state index in [0.717, 1.165) is 32.9 Å². The van der Waals surface area contributed by atoms with Crippen molar-refractivity contribution in [3.63, 3.8) is 0 Å². The first-order valence-corrected chi connectivity index (χ1v) is 14.2. The van der Waals surface area contributed by atoms with Crippen molar-refractivity contribution in [3.05, 3.63) is 98.4 Å². The average Bonchev–Trinajstić information content (AvgIpc) is 2.91. The second-order valence-electron chi connectivity index (χ2n) is 9.08. The van der Waals surface area contributed by atoms with Crippen LogP contribution in [0.2, 0.25) is 0 Å². The average molecular weight is 630 g/mol. The molecular formula is C30H34Br2N2O3. The van der Waals surface area contributed by atoms with E-state index in [1.807, 2.05) is 86.6 Å². The van der Waals surface area contributed by atoms with E-state index in [0.29, 0.717) is 12.2 Å². The summed E-state index contributed by atoms with van der Waals surface area (Å²) in [7, 11) is 0. The van der Waals surface area contributed by atoms with Crippen molar-refractivity contribution >= 4 is 43.7 Å². The number of hydrogen-bond acceptors (Lipinski definition) is 3. The van der Waals surface area contributed by atoms with Gasteiger partial charge in [-0.05, 0) is 76.7 Å². The molecule has 0 saturated carbocycles. The summed E-state index contributed by atoms with van der Waals surface area (Å²) in [4.78, 5) is 28.9. The molecule has 2 amide bonds. The van der Waals surface area contributed by atoms with Gasteiger partial charge >= 0.3 is 0 Å². The number of rotatable bonds is 12. The second kappa shape index (κ2) is 14.3. The van der Waals surface area contributed by atoms with Gasteiger partial charge in [-0.15, -0.1) is 0 Å². The van der Waals surface area contributed by atoms with Gasteiger partial charge in [-0.1, -0.05) is 78.3 Å². The summed E-state index contributed by atoms with van der Waals surface area (Å²) >= 11 is 7.02. The molecule has 0 spiro atoms. The third-order valence-electron chi connectivity index (χ3n) is 6.29. The zero-order chi connectivity index (χ0) is 26.8. The lowest BCUT2D eigenvalue weighted by molar-refractivity contribution is -0.143. The van der Waals surface area contributed by atoms with Crippen LogP contribution >= 0.6 is 31.9 Å². The van der Waals surface area contributed by atoms with Crippen LogP contribution in [0.4, 0.5) is 0 Å². The molecule has 5 nitrogen and oxygen atoms in total. The van der Waals surface area contributed by atoms with Crippen LogP contribution in [0.1, 0.15) is 43.9 Å². The first-order valence-electron chi connectivity index (χ1n) is 12.6. The van der Waals surface area contributed by atoms with E-state index in [1.54, 1.807) is 4.90 Å². The smallest absolute Gasteiger partial charge is 0.261 e. The number of halogens is 2. The number of amides is 2. The van der Waals surface area contributed by atoms with E-state index in [-0.39, 0.29) is 31.0 Å². The molecule has 0 aliphatic heterocycles. The Morgan fingerprint density at radius 1 is 0.919 bits per heavy atom. The van der Waals surface area contributed by atoms with Crippen molar-refractivity contribution in [2.75, 3.05) is 6.61 Å². The monoisotopic (exact) mass is 628 g/mol. The molecule has 0 saturated heterocycles. The van der Waals surface area contributed by atoms with Crippen molar-refractivity contribution in [2.45, 2.75) is 58.7 Å². The van der Waals surface area contributed by atoms with Crippen LogP contribution in [0.15, 0.2) is 81.7 Å². The molecular weight excluding hydrogens is 596 g/mol. The van der Waals surface area contributed by atoms with Crippen LogP contribution in [-0.2, 0) is 29.0 Å². The van der Waals surface area contributed by atoms with Gasteiger partial charge in [0, 0.05) is 23.5 Å². The fraction of sp³-hybridized carbons (Fsp3) is 0.333. The molecule has 0 aliphatic carbocycles. The highest BCUT2D eigenvalue weighted by Gasteiger charge is 2.31. The molecule has 0 fully saturated rings. The van der Waals surface area contributed by atoms with Crippen LogP contribution < -0.4 is 10.1 Å². The Morgan fingerprint density at radius 3 is 2.22 bits per heavy atom. The summed E-state index contributed by atoms with van der Waals surface area (Å²) in [6, 6.07) is 22.7. The molecule has 0 heterocycles. The molecule has 0 bridgehead atoms. The summed E-state index contributed by atoms with van der Waals surface area (Å²) < 4.78 is 7.69. The molecule has 3 rings (SSSR count). The SMILES string of the molecule is CCc1ccc(OCC(=O)N(Cc2ccc(Br)cc2)[C@H](Cc2ccccc2)C(=O)N[C@@H](C)CC)c(Br)c1. The van der Waals surface area contributed by atoms with Crippen LogP contribution in [0.25, 0.3) is 0 Å². The molecule has 0 unspecified atom stereocenters. The zero-order valence-electron chi connectivity index (χ0n) is 21.5. The van der Waals surface area contributed by atoms with E-state index >= 15 is 0 Å². The standard InChI is InChI=1S/C30H34Br2N2O3/c1-4-21(3)33-30(36)27(18-23-9-7-6-8-10-23)34(19-24-11-14-25(31)15-12-24)29(35)20-37-28-16-13-22(5-2)17-26(28)32/h6-17,21,27H,4-5,18-20H2,1-3H3,(H,33,36)/t21-,27+/m0/s1. The Bertz CT molecular complexity index is 1170. The van der Waals surface area contributed by atoms with Crippen molar-refractivity contribution in [3.8, 4) is 5.75 Å². The maximum Gasteiger partial charge on any atom is 0.261 e. The fourth-order valence-electron chi connectivity index (χ4n) is 3.89. The summed E-state index contributed by atoms with van der Waals surface area (Å²) in [5, 5.41) is 3.09. The minimum absolute atomic E-state index is 0.000286. The molecule has 3 aromatic rings. The number of carbonyl (C=O) groups excluding carboxylic acids is 2. The molecule has 2 atom stereocenters. The van der Waals surface area contributed by atoms with Crippen LogP contribution in [-0.4, -0.2) is 35.4 Å². The second-order valence-corrected chi connectivity index (χ2v) is 10.8. The van der Waals surface area contributed by atoms with Gasteiger partial charge in [-0.3, -0.25) is 9.59 Å². The third-order valence-corrected chi connectivity index (χ3v) is 7.44. The van der Waals surface area contributed by atoms with Crippen molar-refractivity contribution in [1.29, 1.82) is 0 Å². The van der Waals surface area contributed by atoms with Gasteiger partial charge in [-0.25, -0.2) is 0 Å². The molecule has 0 aromatic heterocycles. The lowest BCUT2D eigenvalue weighted by Gasteiger charge is -2.32. The number of ether oxygens (including phenoxy) is 1. The molecule has 1 N–H and O–H groups in total. The zero-order valence-corrected chi connectivity index (χ0v) is 24.7. The maximum atomic E-state index is 13.7. The Labute approximate surface area is 236 Å². The van der Waals surface area contributed by atoms with Gasteiger partial charge in [0.25, 0.3) is 5.91 Å². The molecule has 3 aromatic carbocycles. The number of nitrogens with zero attached hydrogens (tertiary/aromatic N) is 1. The van der Waals surface area contributed by atoms with Gasteiger partial charge in [0.1, 0.15) is 11.8 Å². The Morgan fingerprint density at radius 2 is 1.59 bits per heavy atom. The topological polar surface area (TPSA) is 58.6 Å². The largest absolute Gasteiger partial charge is 0.483 e. The molecule has 7 heteroatoms. The molecule has 0 aliphatic rings. The summed E-state index contributed by atoms with van der Waals surface area (Å²) in [6.07, 6.45) is 2.11. The number of nitrogens with one attached hydrogen (secondary N) is 1. The minimum atomic E-state index is -0.693. The van der Waals surface area contributed by atoms with Crippen molar-refractivity contribution in [1.82, 2.24) is 10.2 Å². The van der Waals surface area contributed by atoms with Gasteiger partial charge < -0.3 is 15.0 Å². The third kappa shape index (κ3) is 8.71. The van der Waals surface area contributed by atoms with Crippen molar-refractivity contribution < 1.29 is 14.3 Å². The fourth-order valence-corrected chi connectivity index (χ4v) is 4.69. The van der Waals surface area contributed by atoms with E-state index in [1.165, 1.54) is 5.56 Å². The first-order chi connectivity index (χ1) is 17.8. The van der Waals surface area contributed by atoms with E-state index in [4.69, 9.17) is 4.74 Å². The lowest BCUT2D eigenvalue weighted by Crippen LogP contribution is -2.53. The predicted molar refractivity (Wildman–Crippen MR) is 156 cm³/mol. The minimum Gasteiger partial charge on any atom is -0.483 e. The molecule has 37 heavy (non-hydrogen) atoms. The van der Waals surface area contributed by atoms with Crippen LogP contribution in [0.3, 0.4) is 0 Å². The summed E-state index contributed by atoms with van der Waals surface area (Å²) in [5.74, 6) is 0.171. The highest BCUT2D eigenvalue weighted by Crippen LogP contribution is 2.26. The number of carbonyl (C=O) groups is 2. The quantitative estimate of drug-likeness (QED) is 0.242. The predicted octanol–water partition coefficient (Wildman–Crippen LogP) is 6.71. The highest BCUT2D eigenvalue weighted by molar-refractivity contribution is 9.10. The van der Waals surface area contributed by atoms with Crippen molar-refractivity contribution in [2.24, 2.45) is 0 Å². The number of aryl methyl sites for hydroxylation is 1. The first kappa shape index (κ1) is 28.9. The Balaban J connectivity index is 1.91. The van der Waals surface area contributed by atoms with Gasteiger partial charge in [0.15, 0.2) is 6.61 Å². The van der Waals surface area contributed by atoms with Crippen LogP contribution in [0, 0.1) is 0 Å².